The minimum absolute atomic E-state index is 0.00250. The molecule has 0 aliphatic carbocycles. The summed E-state index contributed by atoms with van der Waals surface area (Å²) in [7, 11) is 0. The zero-order valence-electron chi connectivity index (χ0n) is 9.20. The van der Waals surface area contributed by atoms with Crippen molar-refractivity contribution in [2.75, 3.05) is 6.54 Å². The molecule has 0 aliphatic rings. The van der Waals surface area contributed by atoms with E-state index in [0.717, 1.165) is 18.5 Å². The molecule has 0 bridgehead atoms. The van der Waals surface area contributed by atoms with Crippen molar-refractivity contribution in [2.45, 2.75) is 26.2 Å². The fraction of sp³-hybridized carbons (Fsp3) is 0.385. The lowest BCUT2D eigenvalue weighted by molar-refractivity contribution is -0.117. The van der Waals surface area contributed by atoms with Gasteiger partial charge in [-0.1, -0.05) is 50.1 Å². The Kier molecular flexibility index (Phi) is 5.52. The van der Waals surface area contributed by atoms with Gasteiger partial charge in [-0.3, -0.25) is 4.79 Å². The molecule has 1 rings (SSSR count). The van der Waals surface area contributed by atoms with E-state index in [2.05, 4.69) is 12.2 Å². The van der Waals surface area contributed by atoms with Crippen molar-refractivity contribution in [2.24, 2.45) is 0 Å². The average Bonchev–Trinajstić information content (AvgIpc) is 2.26. The Morgan fingerprint density at radius 2 is 2.00 bits per heavy atom. The number of carbonyl (C=O) groups excluding carboxylic acids is 1. The summed E-state index contributed by atoms with van der Waals surface area (Å²) >= 11 is 0. The molecule has 0 atom stereocenters. The molecule has 0 unspecified atom stereocenters. The first kappa shape index (κ1) is 11.8. The van der Waals surface area contributed by atoms with E-state index >= 15 is 0 Å². The molecule has 0 aliphatic heterocycles. The molecule has 1 amide bonds. The van der Waals surface area contributed by atoms with Crippen LogP contribution in [0.4, 0.5) is 0 Å². The van der Waals surface area contributed by atoms with Gasteiger partial charge in [0.15, 0.2) is 0 Å². The second kappa shape index (κ2) is 7.04. The quantitative estimate of drug-likeness (QED) is 0.709. The normalized spacial score (nSPS) is 9.93. The summed E-state index contributed by atoms with van der Waals surface area (Å²) in [6, 6.07) is 9.64. The van der Waals surface area contributed by atoms with Gasteiger partial charge >= 0.3 is 0 Å². The molecule has 1 radical (unpaired) electrons. The molecule has 15 heavy (non-hydrogen) atoms. The summed E-state index contributed by atoms with van der Waals surface area (Å²) in [6.07, 6.45) is 5.04. The highest BCUT2D eigenvalue weighted by molar-refractivity contribution is 5.88. The molecular formula is C13H18NO. The van der Waals surface area contributed by atoms with Crippen molar-refractivity contribution >= 4 is 5.91 Å². The molecule has 0 spiro atoms. The fourth-order valence-corrected chi connectivity index (χ4v) is 1.34. The van der Waals surface area contributed by atoms with Crippen molar-refractivity contribution in [1.29, 1.82) is 0 Å². The fourth-order valence-electron chi connectivity index (χ4n) is 1.34. The van der Waals surface area contributed by atoms with Crippen molar-refractivity contribution in [3.05, 3.63) is 42.3 Å². The number of carbonyl (C=O) groups is 1. The largest absolute Gasteiger partial charge is 0.356 e. The van der Waals surface area contributed by atoms with Gasteiger partial charge in [-0.05, 0) is 12.0 Å². The van der Waals surface area contributed by atoms with Crippen molar-refractivity contribution in [3.8, 4) is 0 Å². The standard InChI is InChI=1S/C13H18NO/c1-2-3-7-10-14-13(15)11-12-8-5-4-6-9-12/h4-6,8-9,11H,2-3,7,10H2,1H3,(H,14,15). The Bertz CT molecular complexity index is 282. The maximum absolute atomic E-state index is 11.4. The van der Waals surface area contributed by atoms with Gasteiger partial charge in [0, 0.05) is 6.54 Å². The Morgan fingerprint density at radius 1 is 1.27 bits per heavy atom. The van der Waals surface area contributed by atoms with Crippen LogP contribution in [0.1, 0.15) is 31.7 Å². The SMILES string of the molecule is CCCCCNC(=O)[CH]c1ccccc1. The molecule has 0 heterocycles. The second-order valence-electron chi connectivity index (χ2n) is 3.55. The number of amides is 1. The van der Waals surface area contributed by atoms with Crippen molar-refractivity contribution in [1.82, 2.24) is 5.32 Å². The van der Waals surface area contributed by atoms with Crippen LogP contribution in [0.25, 0.3) is 0 Å². The maximum atomic E-state index is 11.4. The van der Waals surface area contributed by atoms with Crippen LogP contribution in [-0.2, 0) is 4.79 Å². The number of rotatable bonds is 6. The van der Waals surface area contributed by atoms with E-state index in [4.69, 9.17) is 0 Å². The van der Waals surface area contributed by atoms with Gasteiger partial charge < -0.3 is 5.32 Å². The van der Waals surface area contributed by atoms with Crippen LogP contribution in [-0.4, -0.2) is 12.5 Å². The van der Waals surface area contributed by atoms with E-state index in [-0.39, 0.29) is 5.91 Å². The number of benzene rings is 1. The van der Waals surface area contributed by atoms with E-state index < -0.39 is 0 Å². The molecule has 1 aromatic carbocycles. The van der Waals surface area contributed by atoms with Gasteiger partial charge in [0.1, 0.15) is 0 Å². The average molecular weight is 204 g/mol. The Balaban J connectivity index is 2.19. The lowest BCUT2D eigenvalue weighted by Gasteiger charge is -2.03. The Labute approximate surface area is 91.7 Å². The third-order valence-electron chi connectivity index (χ3n) is 2.18. The maximum Gasteiger partial charge on any atom is 0.228 e. The van der Waals surface area contributed by atoms with E-state index in [1.54, 1.807) is 6.42 Å². The van der Waals surface area contributed by atoms with Gasteiger partial charge in [-0.15, -0.1) is 0 Å². The second-order valence-corrected chi connectivity index (χ2v) is 3.55. The van der Waals surface area contributed by atoms with Crippen LogP contribution < -0.4 is 5.32 Å². The molecule has 1 N–H and O–H groups in total. The minimum atomic E-state index is -0.00250. The van der Waals surface area contributed by atoms with Crippen LogP contribution in [0.2, 0.25) is 0 Å². The molecule has 0 fully saturated rings. The highest BCUT2D eigenvalue weighted by atomic mass is 16.1. The third-order valence-corrected chi connectivity index (χ3v) is 2.18. The van der Waals surface area contributed by atoms with Gasteiger partial charge in [-0.25, -0.2) is 0 Å². The summed E-state index contributed by atoms with van der Waals surface area (Å²) in [5.74, 6) is -0.00250. The predicted molar refractivity (Wildman–Crippen MR) is 62.4 cm³/mol. The van der Waals surface area contributed by atoms with Crippen LogP contribution in [0.5, 0.6) is 0 Å². The Hall–Kier alpha value is -1.31. The van der Waals surface area contributed by atoms with Crippen LogP contribution >= 0.6 is 0 Å². The molecule has 2 heteroatoms. The van der Waals surface area contributed by atoms with E-state index in [9.17, 15) is 4.79 Å². The summed E-state index contributed by atoms with van der Waals surface area (Å²) < 4.78 is 0. The Morgan fingerprint density at radius 3 is 2.67 bits per heavy atom. The van der Waals surface area contributed by atoms with Crippen LogP contribution in [0.15, 0.2) is 30.3 Å². The first-order valence-corrected chi connectivity index (χ1v) is 5.50. The zero-order chi connectivity index (χ0) is 10.9. The van der Waals surface area contributed by atoms with Gasteiger partial charge in [0.2, 0.25) is 5.91 Å². The minimum Gasteiger partial charge on any atom is -0.356 e. The number of hydrogen-bond acceptors (Lipinski definition) is 1. The summed E-state index contributed by atoms with van der Waals surface area (Å²) in [6.45, 7) is 2.92. The first-order chi connectivity index (χ1) is 7.33. The van der Waals surface area contributed by atoms with Crippen molar-refractivity contribution in [3.63, 3.8) is 0 Å². The molecule has 0 aromatic heterocycles. The molecular weight excluding hydrogens is 186 g/mol. The van der Waals surface area contributed by atoms with E-state index in [1.807, 2.05) is 30.3 Å². The lowest BCUT2D eigenvalue weighted by atomic mass is 10.1. The van der Waals surface area contributed by atoms with Crippen molar-refractivity contribution < 1.29 is 4.79 Å². The van der Waals surface area contributed by atoms with Gasteiger partial charge in [-0.2, -0.15) is 0 Å². The summed E-state index contributed by atoms with van der Waals surface area (Å²) in [5, 5.41) is 2.87. The molecule has 1 aromatic rings. The smallest absolute Gasteiger partial charge is 0.228 e. The molecule has 0 saturated carbocycles. The zero-order valence-corrected chi connectivity index (χ0v) is 9.20. The lowest BCUT2D eigenvalue weighted by Crippen LogP contribution is -2.24. The molecule has 81 valence electrons. The number of hydrogen-bond donors (Lipinski definition) is 1. The summed E-state index contributed by atoms with van der Waals surface area (Å²) in [5.41, 5.74) is 0.950. The van der Waals surface area contributed by atoms with E-state index in [1.165, 1.54) is 12.8 Å². The highest BCUT2D eigenvalue weighted by Crippen LogP contribution is 2.01. The number of unbranched alkanes of at least 4 members (excludes halogenated alkanes) is 2. The van der Waals surface area contributed by atoms with Crippen LogP contribution in [0, 0.1) is 6.42 Å². The van der Waals surface area contributed by atoms with Crippen LogP contribution in [0.3, 0.4) is 0 Å². The topological polar surface area (TPSA) is 29.1 Å². The first-order valence-electron chi connectivity index (χ1n) is 5.50. The summed E-state index contributed by atoms with van der Waals surface area (Å²) in [4.78, 5) is 11.4. The van der Waals surface area contributed by atoms with E-state index in [0.29, 0.717) is 0 Å². The molecule has 2 nitrogen and oxygen atoms in total. The number of nitrogens with one attached hydrogen (secondary N) is 1. The van der Waals surface area contributed by atoms with Gasteiger partial charge in [0.05, 0.1) is 6.42 Å². The van der Waals surface area contributed by atoms with Gasteiger partial charge in [0.25, 0.3) is 0 Å². The predicted octanol–water partition coefficient (Wildman–Crippen LogP) is 2.55. The monoisotopic (exact) mass is 204 g/mol. The third kappa shape index (κ3) is 5.21. The highest BCUT2D eigenvalue weighted by Gasteiger charge is 2.01. The molecule has 0 saturated heterocycles.